The zero-order chi connectivity index (χ0) is 7.49. The second kappa shape index (κ2) is 2.85. The fraction of sp³-hybridized carbons (Fsp3) is 0.600. The van der Waals surface area contributed by atoms with Crippen molar-refractivity contribution < 1.29 is 17.6 Å². The Hall–Kier alpha value is -0.540. The number of alkyl halides is 4. The van der Waals surface area contributed by atoms with Crippen molar-refractivity contribution in [2.75, 3.05) is 0 Å². The van der Waals surface area contributed by atoms with Gasteiger partial charge in [-0.15, -0.1) is 6.58 Å². The molecule has 0 heterocycles. The van der Waals surface area contributed by atoms with Gasteiger partial charge in [-0.05, 0) is 0 Å². The Labute approximate surface area is 50.2 Å². The van der Waals surface area contributed by atoms with Crippen LogP contribution in [-0.2, 0) is 0 Å². The van der Waals surface area contributed by atoms with E-state index in [4.69, 9.17) is 0 Å². The first-order valence-electron chi connectivity index (χ1n) is 2.29. The molecular weight excluding hydrogens is 136 g/mol. The highest BCUT2D eigenvalue weighted by molar-refractivity contribution is 4.80. The van der Waals surface area contributed by atoms with Crippen LogP contribution in [-0.4, -0.2) is 12.3 Å². The highest BCUT2D eigenvalue weighted by Crippen LogP contribution is 2.22. The van der Waals surface area contributed by atoms with E-state index in [-0.39, 0.29) is 0 Å². The maximum Gasteiger partial charge on any atom is 0.392 e. The van der Waals surface area contributed by atoms with Crippen LogP contribution in [0.4, 0.5) is 17.6 Å². The number of hydrogen-bond acceptors (Lipinski definition) is 0. The van der Waals surface area contributed by atoms with E-state index in [2.05, 4.69) is 6.58 Å². The first-order valence-corrected chi connectivity index (χ1v) is 2.29. The molecule has 0 saturated carbocycles. The van der Waals surface area contributed by atoms with Gasteiger partial charge in [0.1, 0.15) is 6.17 Å². The third kappa shape index (κ3) is 5.33. The predicted octanol–water partition coefficient (Wildman–Crippen LogP) is 2.46. The summed E-state index contributed by atoms with van der Waals surface area (Å²) in [4.78, 5) is 0. The molecule has 0 rings (SSSR count). The molecule has 0 amide bonds. The van der Waals surface area contributed by atoms with Gasteiger partial charge in [-0.1, -0.05) is 6.08 Å². The van der Waals surface area contributed by atoms with Gasteiger partial charge in [-0.2, -0.15) is 13.2 Å². The van der Waals surface area contributed by atoms with Crippen molar-refractivity contribution in [2.24, 2.45) is 0 Å². The Bertz CT molecular complexity index is 93.6. The zero-order valence-electron chi connectivity index (χ0n) is 4.58. The third-order valence-corrected chi connectivity index (χ3v) is 0.682. The van der Waals surface area contributed by atoms with Crippen LogP contribution in [0, 0.1) is 0 Å². The first kappa shape index (κ1) is 8.46. The van der Waals surface area contributed by atoms with E-state index in [1.807, 2.05) is 0 Å². The maximum absolute atomic E-state index is 11.8. The van der Waals surface area contributed by atoms with Crippen LogP contribution in [0.25, 0.3) is 0 Å². The molecule has 1 unspecified atom stereocenters. The van der Waals surface area contributed by atoms with Gasteiger partial charge in [0, 0.05) is 0 Å². The first-order chi connectivity index (χ1) is 3.95. The van der Waals surface area contributed by atoms with Gasteiger partial charge in [0.15, 0.2) is 0 Å². The van der Waals surface area contributed by atoms with Crippen molar-refractivity contribution in [3.63, 3.8) is 0 Å². The fourth-order valence-corrected chi connectivity index (χ4v) is 0.304. The Morgan fingerprint density at radius 1 is 1.44 bits per heavy atom. The van der Waals surface area contributed by atoms with Crippen molar-refractivity contribution in [3.05, 3.63) is 12.7 Å². The van der Waals surface area contributed by atoms with Gasteiger partial charge in [0.2, 0.25) is 0 Å². The van der Waals surface area contributed by atoms with Gasteiger partial charge in [0.05, 0.1) is 6.42 Å². The third-order valence-electron chi connectivity index (χ3n) is 0.682. The summed E-state index contributed by atoms with van der Waals surface area (Å²) in [6, 6.07) is 0. The summed E-state index contributed by atoms with van der Waals surface area (Å²) < 4.78 is 45.4. The van der Waals surface area contributed by atoms with E-state index in [1.54, 1.807) is 0 Å². The van der Waals surface area contributed by atoms with Crippen LogP contribution >= 0.6 is 0 Å². The van der Waals surface area contributed by atoms with Crippen LogP contribution in [0.3, 0.4) is 0 Å². The second-order valence-corrected chi connectivity index (χ2v) is 1.57. The Morgan fingerprint density at radius 2 is 1.89 bits per heavy atom. The van der Waals surface area contributed by atoms with Crippen molar-refractivity contribution in [2.45, 2.75) is 18.8 Å². The lowest BCUT2D eigenvalue weighted by Crippen LogP contribution is -2.13. The molecule has 0 radical (unpaired) electrons. The summed E-state index contributed by atoms with van der Waals surface area (Å²) >= 11 is 0. The number of allylic oxidation sites excluding steroid dienone is 1. The Morgan fingerprint density at radius 3 is 2.00 bits per heavy atom. The molecule has 9 heavy (non-hydrogen) atoms. The minimum atomic E-state index is -4.42. The SMILES string of the molecule is C=CC(F)CC(F)(F)F. The summed E-state index contributed by atoms with van der Waals surface area (Å²) in [6.45, 7) is 2.87. The lowest BCUT2D eigenvalue weighted by Gasteiger charge is -2.05. The van der Waals surface area contributed by atoms with E-state index in [9.17, 15) is 17.6 Å². The predicted molar refractivity (Wildman–Crippen MR) is 25.8 cm³/mol. The van der Waals surface area contributed by atoms with Gasteiger partial charge in [0.25, 0.3) is 0 Å². The molecule has 0 fully saturated rings. The highest BCUT2D eigenvalue weighted by Gasteiger charge is 2.30. The van der Waals surface area contributed by atoms with Crippen LogP contribution in [0.1, 0.15) is 6.42 Å². The molecule has 0 N–H and O–H groups in total. The lowest BCUT2D eigenvalue weighted by molar-refractivity contribution is -0.142. The van der Waals surface area contributed by atoms with Gasteiger partial charge < -0.3 is 0 Å². The number of hydrogen-bond donors (Lipinski definition) is 0. The van der Waals surface area contributed by atoms with E-state index >= 15 is 0 Å². The van der Waals surface area contributed by atoms with E-state index in [0.717, 1.165) is 0 Å². The molecule has 0 aliphatic carbocycles. The molecule has 0 aliphatic rings. The molecule has 0 bridgehead atoms. The van der Waals surface area contributed by atoms with Crippen LogP contribution in [0.15, 0.2) is 12.7 Å². The summed E-state index contributed by atoms with van der Waals surface area (Å²) in [6.07, 6.45) is -7.19. The molecular formula is C5H6F4. The van der Waals surface area contributed by atoms with Crippen LogP contribution < -0.4 is 0 Å². The normalized spacial score (nSPS) is 15.1. The molecule has 0 saturated heterocycles. The molecule has 0 nitrogen and oxygen atoms in total. The average molecular weight is 142 g/mol. The highest BCUT2D eigenvalue weighted by atomic mass is 19.4. The number of halogens is 4. The fourth-order valence-electron chi connectivity index (χ4n) is 0.304. The van der Waals surface area contributed by atoms with Crippen LogP contribution in [0.5, 0.6) is 0 Å². The second-order valence-electron chi connectivity index (χ2n) is 1.57. The monoisotopic (exact) mass is 142 g/mol. The molecule has 0 spiro atoms. The van der Waals surface area contributed by atoms with Gasteiger partial charge in [-0.3, -0.25) is 0 Å². The van der Waals surface area contributed by atoms with Crippen molar-refractivity contribution in [1.29, 1.82) is 0 Å². The topological polar surface area (TPSA) is 0 Å². The summed E-state index contributed by atoms with van der Waals surface area (Å²) in [5.74, 6) is 0. The Balaban J connectivity index is 3.59. The lowest BCUT2D eigenvalue weighted by atomic mass is 10.3. The van der Waals surface area contributed by atoms with Crippen LogP contribution in [0.2, 0.25) is 0 Å². The van der Waals surface area contributed by atoms with Crippen molar-refractivity contribution in [3.8, 4) is 0 Å². The average Bonchev–Trinajstić information content (AvgIpc) is 1.62. The van der Waals surface area contributed by atoms with Gasteiger partial charge >= 0.3 is 6.18 Å². The zero-order valence-corrected chi connectivity index (χ0v) is 4.58. The molecule has 0 aromatic rings. The largest absolute Gasteiger partial charge is 0.392 e. The maximum atomic E-state index is 11.8. The molecule has 0 aliphatic heterocycles. The quantitative estimate of drug-likeness (QED) is 0.410. The van der Waals surface area contributed by atoms with Gasteiger partial charge in [-0.25, -0.2) is 4.39 Å². The summed E-state index contributed by atoms with van der Waals surface area (Å²) in [7, 11) is 0. The van der Waals surface area contributed by atoms with E-state index < -0.39 is 18.8 Å². The van der Waals surface area contributed by atoms with E-state index in [1.165, 1.54) is 0 Å². The summed E-state index contributed by atoms with van der Waals surface area (Å²) in [5.41, 5.74) is 0. The molecule has 1 atom stereocenters. The summed E-state index contributed by atoms with van der Waals surface area (Å²) in [5, 5.41) is 0. The molecule has 4 heteroatoms. The minimum absolute atomic E-state index is 0.632. The minimum Gasteiger partial charge on any atom is -0.243 e. The number of rotatable bonds is 2. The van der Waals surface area contributed by atoms with Crippen molar-refractivity contribution >= 4 is 0 Å². The molecule has 0 aromatic carbocycles. The van der Waals surface area contributed by atoms with Crippen molar-refractivity contribution in [1.82, 2.24) is 0 Å². The molecule has 0 aromatic heterocycles. The standard InChI is InChI=1S/C5H6F4/c1-2-4(6)3-5(7,8)9/h2,4H,1,3H2. The Kier molecular flexibility index (Phi) is 2.67. The van der Waals surface area contributed by atoms with E-state index in [0.29, 0.717) is 6.08 Å². The smallest absolute Gasteiger partial charge is 0.243 e. The molecule has 54 valence electrons.